The van der Waals surface area contributed by atoms with Crippen LogP contribution in [0.5, 0.6) is 0 Å². The van der Waals surface area contributed by atoms with Crippen LogP contribution in [0.1, 0.15) is 63.6 Å². The lowest BCUT2D eigenvalue weighted by Crippen LogP contribution is -2.37. The molecular weight excluding hydrogens is 246 g/mol. The van der Waals surface area contributed by atoms with Gasteiger partial charge in [-0.25, -0.2) is 0 Å². The molecule has 1 heterocycles. The highest BCUT2D eigenvalue weighted by Gasteiger charge is 2.30. The summed E-state index contributed by atoms with van der Waals surface area (Å²) < 4.78 is 2.23. The van der Waals surface area contributed by atoms with Crippen molar-refractivity contribution in [1.29, 1.82) is 0 Å². The Morgan fingerprint density at radius 1 is 1.25 bits per heavy atom. The summed E-state index contributed by atoms with van der Waals surface area (Å²) in [5, 5.41) is 8.41. The molecule has 2 aliphatic rings. The molecule has 0 aromatic carbocycles. The molecule has 0 amide bonds. The third kappa shape index (κ3) is 2.93. The molecule has 1 aromatic heterocycles. The summed E-state index contributed by atoms with van der Waals surface area (Å²) in [6.45, 7) is 2.42. The molecule has 0 saturated heterocycles. The monoisotopic (exact) mass is 275 g/mol. The molecule has 112 valence electrons. The van der Waals surface area contributed by atoms with E-state index in [0.29, 0.717) is 12.1 Å². The van der Waals surface area contributed by atoms with E-state index in [1.54, 1.807) is 0 Å². The second kappa shape index (κ2) is 6.30. The van der Waals surface area contributed by atoms with E-state index in [2.05, 4.69) is 36.2 Å². The predicted molar refractivity (Wildman–Crippen MR) is 82.8 cm³/mol. The Bertz CT molecular complexity index is 420. The van der Waals surface area contributed by atoms with Gasteiger partial charge in [0.25, 0.3) is 0 Å². The van der Waals surface area contributed by atoms with Gasteiger partial charge < -0.3 is 5.32 Å². The molecule has 3 nitrogen and oxygen atoms in total. The number of rotatable bonds is 5. The molecular formula is C17H29N3. The van der Waals surface area contributed by atoms with Crippen LogP contribution in [0.15, 0.2) is 12.3 Å². The summed E-state index contributed by atoms with van der Waals surface area (Å²) in [7, 11) is 2.11. The van der Waals surface area contributed by atoms with Gasteiger partial charge in [-0.2, -0.15) is 5.10 Å². The van der Waals surface area contributed by atoms with E-state index in [4.69, 9.17) is 5.10 Å². The lowest BCUT2D eigenvalue weighted by Gasteiger charge is -2.26. The van der Waals surface area contributed by atoms with Gasteiger partial charge in [-0.3, -0.25) is 4.68 Å². The molecule has 1 aromatic rings. The number of nitrogens with one attached hydrogen (secondary N) is 1. The Balaban J connectivity index is 1.63. The Hall–Kier alpha value is -0.830. The van der Waals surface area contributed by atoms with Crippen molar-refractivity contribution in [2.75, 3.05) is 7.05 Å². The first-order chi connectivity index (χ1) is 9.78. The van der Waals surface area contributed by atoms with E-state index < -0.39 is 0 Å². The van der Waals surface area contributed by atoms with Crippen LogP contribution in [0.4, 0.5) is 0 Å². The molecule has 0 radical (unpaired) electrons. The summed E-state index contributed by atoms with van der Waals surface area (Å²) in [4.78, 5) is 0. The van der Waals surface area contributed by atoms with Gasteiger partial charge in [0.05, 0.1) is 11.7 Å². The Kier molecular flexibility index (Phi) is 4.45. The molecule has 3 rings (SSSR count). The molecule has 0 bridgehead atoms. The minimum Gasteiger partial charge on any atom is -0.316 e. The molecule has 3 atom stereocenters. The number of nitrogens with zero attached hydrogens (tertiary/aromatic N) is 2. The van der Waals surface area contributed by atoms with Gasteiger partial charge in [0.15, 0.2) is 0 Å². The molecule has 3 heteroatoms. The van der Waals surface area contributed by atoms with E-state index in [0.717, 1.165) is 18.3 Å². The SMILES string of the molecule is CNC(Cc1ccn(C2CCCC2)n1)C1CCCC1C. The molecule has 20 heavy (non-hydrogen) atoms. The fourth-order valence-electron chi connectivity index (χ4n) is 4.32. The van der Waals surface area contributed by atoms with Crippen LogP contribution in [0.3, 0.4) is 0 Å². The van der Waals surface area contributed by atoms with Crippen molar-refractivity contribution in [2.24, 2.45) is 11.8 Å². The molecule has 3 unspecified atom stereocenters. The largest absolute Gasteiger partial charge is 0.316 e. The maximum Gasteiger partial charge on any atom is 0.0640 e. The lowest BCUT2D eigenvalue weighted by molar-refractivity contribution is 0.305. The topological polar surface area (TPSA) is 29.9 Å². The zero-order chi connectivity index (χ0) is 13.9. The average Bonchev–Trinajstić information content (AvgIpc) is 3.17. The summed E-state index contributed by atoms with van der Waals surface area (Å²) in [6, 6.07) is 3.50. The van der Waals surface area contributed by atoms with Gasteiger partial charge in [0, 0.05) is 18.7 Å². The van der Waals surface area contributed by atoms with Gasteiger partial charge >= 0.3 is 0 Å². The van der Waals surface area contributed by atoms with Crippen molar-refractivity contribution >= 4 is 0 Å². The van der Waals surface area contributed by atoms with Crippen LogP contribution in [-0.2, 0) is 6.42 Å². The lowest BCUT2D eigenvalue weighted by atomic mass is 9.88. The highest BCUT2D eigenvalue weighted by Crippen LogP contribution is 2.34. The summed E-state index contributed by atoms with van der Waals surface area (Å²) >= 11 is 0. The van der Waals surface area contributed by atoms with Crippen LogP contribution in [0, 0.1) is 11.8 Å². The second-order valence-corrected chi connectivity index (χ2v) is 6.90. The van der Waals surface area contributed by atoms with Crippen LogP contribution >= 0.6 is 0 Å². The van der Waals surface area contributed by atoms with Crippen molar-refractivity contribution in [3.63, 3.8) is 0 Å². The van der Waals surface area contributed by atoms with E-state index in [9.17, 15) is 0 Å². The summed E-state index contributed by atoms with van der Waals surface area (Å²) in [5.41, 5.74) is 1.27. The molecule has 2 saturated carbocycles. The smallest absolute Gasteiger partial charge is 0.0640 e. The first kappa shape index (κ1) is 14.1. The van der Waals surface area contributed by atoms with Crippen molar-refractivity contribution in [2.45, 2.75) is 70.4 Å². The summed E-state index contributed by atoms with van der Waals surface area (Å²) in [5.74, 6) is 1.70. The maximum absolute atomic E-state index is 4.85. The highest BCUT2D eigenvalue weighted by molar-refractivity contribution is 5.04. The van der Waals surface area contributed by atoms with E-state index in [1.165, 1.54) is 50.6 Å². The minimum atomic E-state index is 0.597. The second-order valence-electron chi connectivity index (χ2n) is 6.90. The Morgan fingerprint density at radius 2 is 2.05 bits per heavy atom. The quantitative estimate of drug-likeness (QED) is 0.890. The minimum absolute atomic E-state index is 0.597. The fourth-order valence-corrected chi connectivity index (χ4v) is 4.32. The van der Waals surface area contributed by atoms with Gasteiger partial charge in [-0.05, 0) is 44.2 Å². The van der Waals surface area contributed by atoms with E-state index >= 15 is 0 Å². The maximum atomic E-state index is 4.85. The molecule has 2 aliphatic carbocycles. The first-order valence-corrected chi connectivity index (χ1v) is 8.49. The predicted octanol–water partition coefficient (Wildman–Crippen LogP) is 3.56. The molecule has 1 N–H and O–H groups in total. The third-order valence-electron chi connectivity index (χ3n) is 5.61. The van der Waals surface area contributed by atoms with Crippen molar-refractivity contribution < 1.29 is 0 Å². The highest BCUT2D eigenvalue weighted by atomic mass is 15.3. The molecule has 2 fully saturated rings. The van der Waals surface area contributed by atoms with Crippen LogP contribution in [0.2, 0.25) is 0 Å². The third-order valence-corrected chi connectivity index (χ3v) is 5.61. The number of hydrogen-bond acceptors (Lipinski definition) is 2. The number of hydrogen-bond donors (Lipinski definition) is 1. The van der Waals surface area contributed by atoms with Gasteiger partial charge in [-0.1, -0.05) is 32.6 Å². The molecule has 0 aliphatic heterocycles. The zero-order valence-corrected chi connectivity index (χ0v) is 13.0. The molecule has 0 spiro atoms. The van der Waals surface area contributed by atoms with E-state index in [-0.39, 0.29) is 0 Å². The Morgan fingerprint density at radius 3 is 2.70 bits per heavy atom. The van der Waals surface area contributed by atoms with Crippen molar-refractivity contribution in [1.82, 2.24) is 15.1 Å². The van der Waals surface area contributed by atoms with Crippen LogP contribution in [0.25, 0.3) is 0 Å². The van der Waals surface area contributed by atoms with Gasteiger partial charge in [0.2, 0.25) is 0 Å². The first-order valence-electron chi connectivity index (χ1n) is 8.49. The number of aromatic nitrogens is 2. The fraction of sp³-hybridized carbons (Fsp3) is 0.824. The van der Waals surface area contributed by atoms with Crippen molar-refractivity contribution in [3.8, 4) is 0 Å². The van der Waals surface area contributed by atoms with E-state index in [1.807, 2.05) is 0 Å². The summed E-state index contributed by atoms with van der Waals surface area (Å²) in [6.07, 6.45) is 12.9. The van der Waals surface area contributed by atoms with Gasteiger partial charge in [-0.15, -0.1) is 0 Å². The van der Waals surface area contributed by atoms with Crippen LogP contribution < -0.4 is 5.32 Å². The van der Waals surface area contributed by atoms with Crippen molar-refractivity contribution in [3.05, 3.63) is 18.0 Å². The average molecular weight is 275 g/mol. The normalized spacial score (nSPS) is 29.1. The van der Waals surface area contributed by atoms with Gasteiger partial charge in [0.1, 0.15) is 0 Å². The zero-order valence-electron chi connectivity index (χ0n) is 13.0. The standard InChI is InChI=1S/C17H29N3/c1-13-6-5-9-16(13)17(18-2)12-14-10-11-20(19-14)15-7-3-4-8-15/h10-11,13,15-18H,3-9,12H2,1-2H3. The Labute approximate surface area is 123 Å². The van der Waals surface area contributed by atoms with Crippen LogP contribution in [-0.4, -0.2) is 22.9 Å². The number of likely N-dealkylation sites (N-methyl/N-ethyl adjacent to an activating group) is 1.